The van der Waals surface area contributed by atoms with Gasteiger partial charge in [0, 0.05) is 22.4 Å². The number of hydrogen-bond donors (Lipinski definition) is 0. The number of aromatic nitrogens is 2. The van der Waals surface area contributed by atoms with E-state index in [2.05, 4.69) is 446 Å². The smallest absolute Gasteiger partial charge is 0.273 e. The van der Waals surface area contributed by atoms with Crippen LogP contribution in [0.15, 0.2) is 417 Å². The van der Waals surface area contributed by atoms with Crippen molar-refractivity contribution in [3.8, 4) is 11.1 Å². The van der Waals surface area contributed by atoms with Crippen molar-refractivity contribution in [1.82, 2.24) is 9.97 Å². The second-order valence-electron chi connectivity index (χ2n) is 24.0. The Morgan fingerprint density at radius 2 is 0.491 bits per heavy atom. The van der Waals surface area contributed by atoms with Crippen LogP contribution in [0.2, 0.25) is 0 Å². The Hall–Kier alpha value is -9.87. The molecule has 4 nitrogen and oxygen atoms in total. The first-order valence-electron chi connectivity index (χ1n) is 35.0. The van der Waals surface area contributed by atoms with Gasteiger partial charge in [-0.3, -0.25) is 9.97 Å². The van der Waals surface area contributed by atoms with Crippen LogP contribution in [0.4, 0.5) is 0 Å². The van der Waals surface area contributed by atoms with Gasteiger partial charge in [0.25, 0.3) is 18.8 Å². The zero-order chi connectivity index (χ0) is 73.6. The molecule has 2 heterocycles. The van der Waals surface area contributed by atoms with Crippen molar-refractivity contribution in [2.75, 3.05) is 0 Å². The number of rotatable bonds is 19. The number of benzene rings is 13. The van der Waals surface area contributed by atoms with Crippen LogP contribution in [0.5, 0.6) is 0 Å². The quantitative estimate of drug-likeness (QED) is 0.0598. The van der Waals surface area contributed by atoms with E-state index in [0.29, 0.717) is 13.2 Å². The van der Waals surface area contributed by atoms with Crippen LogP contribution >= 0.6 is 47.6 Å². The molecule has 0 aliphatic heterocycles. The Balaban J connectivity index is 0.000000137. The van der Waals surface area contributed by atoms with Gasteiger partial charge in [0.15, 0.2) is 0 Å². The summed E-state index contributed by atoms with van der Waals surface area (Å²) in [5.74, 6) is 0. The third kappa shape index (κ3) is 24.6. The number of aryl methyl sites for hydroxylation is 3. The number of pyridine rings is 2. The maximum atomic E-state index is 5.29. The van der Waals surface area contributed by atoms with Gasteiger partial charge in [-0.15, -0.1) is 0 Å². The lowest BCUT2D eigenvalue weighted by molar-refractivity contribution is 0.330. The molecule has 0 bridgehead atoms. The molecule has 106 heavy (non-hydrogen) atoms. The van der Waals surface area contributed by atoms with Gasteiger partial charge in [-0.25, -0.2) is 0 Å². The summed E-state index contributed by atoms with van der Waals surface area (Å²) in [5, 5.41) is 16.8. The molecule has 0 aliphatic rings. The van der Waals surface area contributed by atoms with Crippen LogP contribution < -0.4 is 63.7 Å². The second kappa shape index (κ2) is 44.2. The summed E-state index contributed by atoms with van der Waals surface area (Å²) in [5.41, 5.74) is 7.97. The van der Waals surface area contributed by atoms with Gasteiger partial charge in [-0.2, -0.15) is 0 Å². The number of hydrogen-bond acceptors (Lipinski definition) is 4. The van der Waals surface area contributed by atoms with Gasteiger partial charge >= 0.3 is 0 Å². The third-order valence-electron chi connectivity index (χ3n) is 16.4. The van der Waals surface area contributed by atoms with Gasteiger partial charge in [0.2, 0.25) is 0 Å². The zero-order valence-electron chi connectivity index (χ0n) is 60.0. The largest absolute Gasteiger partial charge is 0.543 e. The summed E-state index contributed by atoms with van der Waals surface area (Å²) in [6, 6.07) is 142. The maximum absolute atomic E-state index is 5.29. The topological polar surface area (TPSA) is 44.2 Å². The Morgan fingerprint density at radius 1 is 0.274 bits per heavy atom. The van der Waals surface area contributed by atoms with E-state index in [4.69, 9.17) is 8.85 Å². The van der Waals surface area contributed by atoms with Crippen LogP contribution in [0, 0.1) is 20.8 Å². The van der Waals surface area contributed by atoms with E-state index in [0.717, 1.165) is 15.9 Å². The normalized spacial score (nSPS) is 10.4. The molecule has 0 amide bonds. The molecule has 2 aromatic heterocycles. The summed E-state index contributed by atoms with van der Waals surface area (Å²) in [6.07, 6.45) is 11.0. The molecule has 0 aliphatic carbocycles. The van der Waals surface area contributed by atoms with Crippen LogP contribution in [0.25, 0.3) is 11.1 Å². The molecular formula is C95H85BrN2O2P4Si2. The number of nitrogens with zero attached hydrogens (tertiary/aromatic N) is 2. The highest BCUT2D eigenvalue weighted by molar-refractivity contribution is 9.10. The predicted octanol–water partition coefficient (Wildman–Crippen LogP) is 18.4. The molecule has 0 fully saturated rings. The SMILES string of the molecule is C=[Si]OCc1cc(C)c(-c2cccc(C)c2)cn1.C=[Si]OCc1cc(C)c(Br)cn1.c1ccc(P(c2ccccc2)c2ccccc2)cc1.c1ccc(P(c2ccccc2)c2ccccc2)cc1.c1ccc(P(c2ccccc2)c2ccccc2)cc1.c1ccc(P(c2ccccc2)c2ccccc2)cc1. The third-order valence-corrected chi connectivity index (χ3v) is 27.7. The molecule has 0 unspecified atom stereocenters. The standard InChI is InChI=1S/4C18H15P.C15H16NOSi.C8H9BrNOSi/c4*1-4-10-16(11-5-1)19(17-12-6-2-7-13-17)18-14-8-3-9-15-18;1-11-5-4-6-13(7-11)15-9-16-14(8-12(15)2)10-17-18-3;1-6-3-7(5-11-12-2)10-4-8(6)9/h4*1-15H;4-9H,3,10H2,1-2H3;3-4H,2,5H2,1H3. The van der Waals surface area contributed by atoms with Crippen LogP contribution in [-0.4, -0.2) is 41.1 Å². The van der Waals surface area contributed by atoms with Crippen molar-refractivity contribution in [2.45, 2.75) is 34.0 Å². The zero-order valence-corrected chi connectivity index (χ0v) is 67.1. The molecule has 15 aromatic rings. The van der Waals surface area contributed by atoms with Gasteiger partial charge in [0.1, 0.15) is 13.2 Å². The lowest BCUT2D eigenvalue weighted by Crippen LogP contribution is -2.20. The molecule has 0 N–H and O–H groups in total. The van der Waals surface area contributed by atoms with E-state index >= 15 is 0 Å². The molecule has 11 heteroatoms. The summed E-state index contributed by atoms with van der Waals surface area (Å²) in [6.45, 7) is 7.33. The van der Waals surface area contributed by atoms with Crippen molar-refractivity contribution < 1.29 is 8.85 Å². The first-order chi connectivity index (χ1) is 52.2. The average Bonchev–Trinajstić information content (AvgIpc) is 0.843. The molecule has 2 radical (unpaired) electrons. The van der Waals surface area contributed by atoms with E-state index in [-0.39, 0.29) is 18.8 Å². The van der Waals surface area contributed by atoms with Crippen molar-refractivity contribution in [1.29, 1.82) is 0 Å². The minimum Gasteiger partial charge on any atom is -0.543 e. The monoisotopic (exact) mass is 1540 g/mol. The minimum absolute atomic E-state index is 0.258. The molecule has 0 atom stereocenters. The second-order valence-corrected chi connectivity index (χ2v) is 34.9. The highest BCUT2D eigenvalue weighted by atomic mass is 79.9. The van der Waals surface area contributed by atoms with E-state index < -0.39 is 31.7 Å². The van der Waals surface area contributed by atoms with Gasteiger partial charge in [0.05, 0.1) is 11.4 Å². The van der Waals surface area contributed by atoms with Crippen LogP contribution in [-0.2, 0) is 22.1 Å². The minimum atomic E-state index is -0.446. The summed E-state index contributed by atoms with van der Waals surface area (Å²) >= 11 is 3.38. The van der Waals surface area contributed by atoms with Crippen molar-refractivity contribution in [3.05, 3.63) is 445 Å². The molecular weight excluding hydrogens is 1460 g/mol. The molecule has 13 aromatic carbocycles. The lowest BCUT2D eigenvalue weighted by Gasteiger charge is -2.18. The van der Waals surface area contributed by atoms with Gasteiger partial charge in [-0.1, -0.05) is 406 Å². The van der Waals surface area contributed by atoms with Gasteiger partial charge in [-0.05, 0) is 161 Å². The van der Waals surface area contributed by atoms with Crippen molar-refractivity contribution >= 4 is 142 Å². The highest BCUT2D eigenvalue weighted by Crippen LogP contribution is 2.36. The van der Waals surface area contributed by atoms with Crippen LogP contribution in [0.1, 0.15) is 28.1 Å². The predicted molar refractivity (Wildman–Crippen MR) is 472 cm³/mol. The Labute approximate surface area is 646 Å². The van der Waals surface area contributed by atoms with E-state index in [9.17, 15) is 0 Å². The Morgan fingerprint density at radius 3 is 0.689 bits per heavy atom. The number of halogens is 1. The molecule has 522 valence electrons. The average molecular weight is 1550 g/mol. The first kappa shape index (κ1) is 78.7. The van der Waals surface area contributed by atoms with E-state index in [1.54, 1.807) is 6.20 Å². The molecule has 0 saturated carbocycles. The molecule has 0 saturated heterocycles. The van der Waals surface area contributed by atoms with E-state index in [1.165, 1.54) is 91.5 Å². The maximum Gasteiger partial charge on any atom is 0.273 e. The Bertz CT molecular complexity index is 4120. The lowest BCUT2D eigenvalue weighted by atomic mass is 10.0. The summed E-state index contributed by atoms with van der Waals surface area (Å²) in [7, 11) is -1.25. The van der Waals surface area contributed by atoms with Crippen LogP contribution in [0.3, 0.4) is 0 Å². The summed E-state index contributed by atoms with van der Waals surface area (Å²) < 4.78 is 11.5. The fourth-order valence-corrected chi connectivity index (χ4v) is 21.4. The Kier molecular flexibility index (Phi) is 32.8. The molecule has 0 spiro atoms. The summed E-state index contributed by atoms with van der Waals surface area (Å²) in [4.78, 5) is 8.62. The van der Waals surface area contributed by atoms with Crippen molar-refractivity contribution in [2.24, 2.45) is 0 Å². The van der Waals surface area contributed by atoms with Crippen molar-refractivity contribution in [3.63, 3.8) is 0 Å². The van der Waals surface area contributed by atoms with Gasteiger partial charge < -0.3 is 8.85 Å². The van der Waals surface area contributed by atoms with E-state index in [1.807, 2.05) is 19.2 Å². The fraction of sp³-hybridized carbons (Fsp3) is 0.0526. The fourth-order valence-electron chi connectivity index (χ4n) is 11.4. The molecule has 15 rings (SSSR count). The highest BCUT2D eigenvalue weighted by Gasteiger charge is 2.19. The first-order valence-corrected chi connectivity index (χ1v) is 43.4.